The summed E-state index contributed by atoms with van der Waals surface area (Å²) in [6.45, 7) is 1.26. The number of amidine groups is 1. The van der Waals surface area contributed by atoms with Crippen LogP contribution >= 0.6 is 0 Å². The van der Waals surface area contributed by atoms with Crippen LogP contribution in [0.25, 0.3) is 16.6 Å². The molecule has 3 heterocycles. The largest absolute Gasteiger partial charge is 0.509 e. The van der Waals surface area contributed by atoms with Gasteiger partial charge < -0.3 is 29.8 Å². The van der Waals surface area contributed by atoms with Gasteiger partial charge in [-0.3, -0.25) is 5.41 Å². The van der Waals surface area contributed by atoms with E-state index in [-0.39, 0.29) is 11.6 Å². The number of aromatic amines is 1. The van der Waals surface area contributed by atoms with E-state index in [9.17, 15) is 5.11 Å². The molecular formula is C22H23N5O3. The quantitative estimate of drug-likeness (QED) is 0.532. The van der Waals surface area contributed by atoms with Gasteiger partial charge in [-0.25, -0.2) is 4.98 Å². The Morgan fingerprint density at radius 1 is 1.13 bits per heavy atom. The standard InChI is InChI=1S/C22H23N5O3/c1-29-14-9-13(10-15(11-14)30-2)27-20(23)18(19(28)22(27)7-8-24-12-22)21-25-16-5-3-4-6-17(16)26-21/h3-6,9-11,23-24,28H,7-8,12H2,1-2H3,(H,25,26). The molecule has 1 fully saturated rings. The fourth-order valence-corrected chi connectivity index (χ4v) is 4.44. The highest BCUT2D eigenvalue weighted by Crippen LogP contribution is 2.46. The van der Waals surface area contributed by atoms with Crippen LogP contribution in [0.5, 0.6) is 11.5 Å². The van der Waals surface area contributed by atoms with Crippen molar-refractivity contribution >= 4 is 28.1 Å². The first-order valence-corrected chi connectivity index (χ1v) is 9.79. The van der Waals surface area contributed by atoms with Crippen LogP contribution in [0.2, 0.25) is 0 Å². The van der Waals surface area contributed by atoms with Crippen LogP contribution in [-0.2, 0) is 0 Å². The molecule has 2 aliphatic rings. The second-order valence-corrected chi connectivity index (χ2v) is 7.54. The zero-order chi connectivity index (χ0) is 20.9. The molecule has 3 aromatic rings. The number of nitrogens with one attached hydrogen (secondary N) is 3. The van der Waals surface area contributed by atoms with Crippen molar-refractivity contribution in [3.05, 3.63) is 54.0 Å². The van der Waals surface area contributed by atoms with E-state index >= 15 is 0 Å². The van der Waals surface area contributed by atoms with Crippen LogP contribution in [0.4, 0.5) is 5.69 Å². The maximum Gasteiger partial charge on any atom is 0.145 e. The first kappa shape index (κ1) is 18.5. The molecule has 30 heavy (non-hydrogen) atoms. The summed E-state index contributed by atoms with van der Waals surface area (Å²) < 4.78 is 10.9. The van der Waals surface area contributed by atoms with Gasteiger partial charge in [0.25, 0.3) is 0 Å². The van der Waals surface area contributed by atoms with E-state index in [4.69, 9.17) is 14.9 Å². The number of rotatable bonds is 4. The number of benzene rings is 2. The van der Waals surface area contributed by atoms with Crippen molar-refractivity contribution in [1.29, 1.82) is 5.41 Å². The topological polar surface area (TPSA) is 106 Å². The van der Waals surface area contributed by atoms with E-state index in [1.54, 1.807) is 20.3 Å². The van der Waals surface area contributed by atoms with E-state index in [0.29, 0.717) is 35.9 Å². The summed E-state index contributed by atoms with van der Waals surface area (Å²) in [7, 11) is 3.19. The van der Waals surface area contributed by atoms with E-state index in [1.807, 2.05) is 41.3 Å². The minimum absolute atomic E-state index is 0.151. The number of ether oxygens (including phenoxy) is 2. The normalized spacial score (nSPS) is 21.3. The Bertz CT molecular complexity index is 1120. The third-order valence-electron chi connectivity index (χ3n) is 5.92. The lowest BCUT2D eigenvalue weighted by Gasteiger charge is -2.36. The number of para-hydroxylation sites is 2. The summed E-state index contributed by atoms with van der Waals surface area (Å²) in [4.78, 5) is 9.75. The van der Waals surface area contributed by atoms with Gasteiger partial charge in [0.05, 0.1) is 36.5 Å². The molecule has 154 valence electrons. The molecule has 8 heteroatoms. The second kappa shape index (κ2) is 6.77. The number of aromatic nitrogens is 2. The summed E-state index contributed by atoms with van der Waals surface area (Å²) in [5, 5.41) is 23.8. The van der Waals surface area contributed by atoms with Crippen molar-refractivity contribution in [2.45, 2.75) is 12.0 Å². The lowest BCUT2D eigenvalue weighted by Crippen LogP contribution is -2.50. The highest BCUT2D eigenvalue weighted by atomic mass is 16.5. The minimum Gasteiger partial charge on any atom is -0.509 e. The summed E-state index contributed by atoms with van der Waals surface area (Å²) in [6, 6.07) is 13.2. The smallest absolute Gasteiger partial charge is 0.145 e. The molecule has 2 aromatic carbocycles. The average Bonchev–Trinajstić information content (AvgIpc) is 3.45. The molecule has 1 spiro atoms. The van der Waals surface area contributed by atoms with Crippen molar-refractivity contribution < 1.29 is 14.6 Å². The second-order valence-electron chi connectivity index (χ2n) is 7.54. The monoisotopic (exact) mass is 405 g/mol. The maximum atomic E-state index is 11.4. The van der Waals surface area contributed by atoms with Gasteiger partial charge in [0.15, 0.2) is 0 Å². The highest BCUT2D eigenvalue weighted by Gasteiger charge is 2.53. The number of hydrogen-bond acceptors (Lipinski definition) is 6. The molecule has 1 unspecified atom stereocenters. The summed E-state index contributed by atoms with van der Waals surface area (Å²) >= 11 is 0. The van der Waals surface area contributed by atoms with Gasteiger partial charge in [0.2, 0.25) is 0 Å². The number of anilines is 1. The maximum absolute atomic E-state index is 11.4. The lowest BCUT2D eigenvalue weighted by atomic mass is 9.94. The average molecular weight is 405 g/mol. The predicted octanol–water partition coefficient (Wildman–Crippen LogP) is 3.08. The number of fused-ring (bicyclic) bond motifs is 1. The molecule has 2 aliphatic heterocycles. The van der Waals surface area contributed by atoms with Crippen LogP contribution < -0.4 is 19.7 Å². The Kier molecular flexibility index (Phi) is 4.18. The number of methoxy groups -OCH3 is 2. The zero-order valence-electron chi connectivity index (χ0n) is 16.8. The molecule has 1 saturated heterocycles. The fraction of sp³-hybridized carbons (Fsp3) is 0.273. The van der Waals surface area contributed by atoms with Crippen molar-refractivity contribution in [1.82, 2.24) is 15.3 Å². The van der Waals surface area contributed by atoms with Crippen LogP contribution in [-0.4, -0.2) is 53.8 Å². The van der Waals surface area contributed by atoms with E-state index < -0.39 is 5.54 Å². The third-order valence-corrected chi connectivity index (χ3v) is 5.92. The minimum atomic E-state index is -0.761. The Balaban J connectivity index is 1.68. The molecule has 4 N–H and O–H groups in total. The molecule has 1 aromatic heterocycles. The van der Waals surface area contributed by atoms with Gasteiger partial charge in [-0.1, -0.05) is 12.1 Å². The summed E-state index contributed by atoms with van der Waals surface area (Å²) in [5.41, 5.74) is 2.03. The van der Waals surface area contributed by atoms with Gasteiger partial charge in [0.1, 0.15) is 34.5 Å². The van der Waals surface area contributed by atoms with Gasteiger partial charge >= 0.3 is 0 Å². The third kappa shape index (κ3) is 2.57. The first-order chi connectivity index (χ1) is 14.6. The Labute approximate surface area is 173 Å². The molecule has 0 bridgehead atoms. The van der Waals surface area contributed by atoms with Gasteiger partial charge in [0, 0.05) is 24.7 Å². The molecule has 1 atom stereocenters. The molecule has 0 aliphatic carbocycles. The fourth-order valence-electron chi connectivity index (χ4n) is 4.44. The predicted molar refractivity (Wildman–Crippen MR) is 116 cm³/mol. The Morgan fingerprint density at radius 3 is 2.50 bits per heavy atom. The van der Waals surface area contributed by atoms with E-state index in [0.717, 1.165) is 23.3 Å². The highest BCUT2D eigenvalue weighted by molar-refractivity contribution is 6.31. The van der Waals surface area contributed by atoms with Crippen molar-refractivity contribution in [3.63, 3.8) is 0 Å². The van der Waals surface area contributed by atoms with E-state index in [2.05, 4.69) is 15.3 Å². The molecule has 8 nitrogen and oxygen atoms in total. The van der Waals surface area contributed by atoms with E-state index in [1.165, 1.54) is 0 Å². The molecule has 0 amide bonds. The first-order valence-electron chi connectivity index (χ1n) is 9.79. The van der Waals surface area contributed by atoms with Crippen molar-refractivity contribution in [2.24, 2.45) is 0 Å². The molecule has 0 saturated carbocycles. The van der Waals surface area contributed by atoms with Crippen LogP contribution in [0.15, 0.2) is 48.2 Å². The molecule has 0 radical (unpaired) electrons. The molecular weight excluding hydrogens is 382 g/mol. The van der Waals surface area contributed by atoms with Crippen molar-refractivity contribution in [3.8, 4) is 11.5 Å². The number of imidazole rings is 1. The lowest BCUT2D eigenvalue weighted by molar-refractivity contribution is 0.318. The summed E-state index contributed by atoms with van der Waals surface area (Å²) in [6.07, 6.45) is 0.657. The van der Waals surface area contributed by atoms with Gasteiger partial charge in [-0.05, 0) is 25.1 Å². The van der Waals surface area contributed by atoms with Crippen LogP contribution in [0, 0.1) is 5.41 Å². The summed E-state index contributed by atoms with van der Waals surface area (Å²) in [5.74, 6) is 2.07. The number of aliphatic hydroxyl groups excluding tert-OH is 1. The Hall–Kier alpha value is -3.52. The SMILES string of the molecule is COc1cc(OC)cc(N2C(=N)C(c3nc4ccccc4[nH]3)=C(O)C23CCNC3)c1. The molecule has 5 rings (SSSR count). The van der Waals surface area contributed by atoms with Crippen LogP contribution in [0.3, 0.4) is 0 Å². The zero-order valence-corrected chi connectivity index (χ0v) is 16.8. The number of nitrogens with zero attached hydrogens (tertiary/aromatic N) is 2. The number of aliphatic hydroxyl groups is 1. The number of H-pyrrole nitrogens is 1. The van der Waals surface area contributed by atoms with Gasteiger partial charge in [-0.2, -0.15) is 0 Å². The van der Waals surface area contributed by atoms with Crippen molar-refractivity contribution in [2.75, 3.05) is 32.2 Å². The van der Waals surface area contributed by atoms with Gasteiger partial charge in [-0.15, -0.1) is 0 Å². The Morgan fingerprint density at radius 2 is 1.87 bits per heavy atom. The number of hydrogen-bond donors (Lipinski definition) is 4. The van der Waals surface area contributed by atoms with Crippen LogP contribution in [0.1, 0.15) is 12.2 Å².